The Kier molecular flexibility index (Phi) is 6.30. The Bertz CT molecular complexity index is 567. The van der Waals surface area contributed by atoms with Crippen LogP contribution in [0.1, 0.15) is 24.5 Å². The molecule has 0 atom stereocenters. The molecular weight excluding hydrogens is 276 g/mol. The standard InChI is InChI=1S/C18H22N2O2/c1-2-6-15-9-11-17(12-10-15)22-14-20-18(21)19-13-16-7-4-3-5-8-16/h3-5,7-12H,2,6,13-14H2,1H3,(H2,19,20,21). The number of hydrogen-bond donors (Lipinski definition) is 2. The molecule has 0 heterocycles. The second-order valence-electron chi connectivity index (χ2n) is 5.03. The van der Waals surface area contributed by atoms with E-state index in [0.29, 0.717) is 6.54 Å². The fourth-order valence-corrected chi connectivity index (χ4v) is 2.07. The minimum Gasteiger partial charge on any atom is -0.473 e. The van der Waals surface area contributed by atoms with E-state index in [1.165, 1.54) is 5.56 Å². The fraction of sp³-hybridized carbons (Fsp3) is 0.278. The molecule has 4 heteroatoms. The highest BCUT2D eigenvalue weighted by Gasteiger charge is 2.00. The molecule has 4 nitrogen and oxygen atoms in total. The Morgan fingerprint density at radius 2 is 1.68 bits per heavy atom. The monoisotopic (exact) mass is 298 g/mol. The van der Waals surface area contributed by atoms with Crippen molar-refractivity contribution in [1.82, 2.24) is 10.6 Å². The van der Waals surface area contributed by atoms with Gasteiger partial charge in [-0.05, 0) is 29.7 Å². The van der Waals surface area contributed by atoms with Crippen LogP contribution in [0.3, 0.4) is 0 Å². The Labute approximate surface area is 131 Å². The molecule has 0 aromatic heterocycles. The maximum atomic E-state index is 11.6. The summed E-state index contributed by atoms with van der Waals surface area (Å²) in [7, 11) is 0. The van der Waals surface area contributed by atoms with Gasteiger partial charge in [0.25, 0.3) is 0 Å². The van der Waals surface area contributed by atoms with Gasteiger partial charge in [0, 0.05) is 6.54 Å². The summed E-state index contributed by atoms with van der Waals surface area (Å²) in [6.07, 6.45) is 2.20. The summed E-state index contributed by atoms with van der Waals surface area (Å²) in [6.45, 7) is 2.80. The van der Waals surface area contributed by atoms with Crippen molar-refractivity contribution in [3.05, 3.63) is 65.7 Å². The summed E-state index contributed by atoms with van der Waals surface area (Å²) in [5.74, 6) is 0.753. The van der Waals surface area contributed by atoms with Crippen molar-refractivity contribution in [2.45, 2.75) is 26.3 Å². The first-order chi connectivity index (χ1) is 10.8. The number of nitrogens with one attached hydrogen (secondary N) is 2. The third-order valence-corrected chi connectivity index (χ3v) is 3.23. The first-order valence-corrected chi connectivity index (χ1v) is 7.55. The molecule has 0 unspecified atom stereocenters. The number of carbonyl (C=O) groups is 1. The lowest BCUT2D eigenvalue weighted by atomic mass is 10.1. The van der Waals surface area contributed by atoms with E-state index in [9.17, 15) is 4.79 Å². The predicted molar refractivity (Wildman–Crippen MR) is 87.7 cm³/mol. The van der Waals surface area contributed by atoms with Crippen LogP contribution in [-0.2, 0) is 13.0 Å². The SMILES string of the molecule is CCCc1ccc(OCNC(=O)NCc2ccccc2)cc1. The summed E-state index contributed by atoms with van der Waals surface area (Å²) in [5, 5.41) is 5.45. The fourth-order valence-electron chi connectivity index (χ4n) is 2.07. The Morgan fingerprint density at radius 3 is 2.36 bits per heavy atom. The van der Waals surface area contributed by atoms with Gasteiger partial charge < -0.3 is 15.4 Å². The molecule has 2 aromatic carbocycles. The van der Waals surface area contributed by atoms with Gasteiger partial charge in [0.2, 0.25) is 0 Å². The molecule has 2 N–H and O–H groups in total. The summed E-state index contributed by atoms with van der Waals surface area (Å²) >= 11 is 0. The topological polar surface area (TPSA) is 50.4 Å². The number of urea groups is 1. The molecule has 2 rings (SSSR count). The molecule has 0 saturated carbocycles. The van der Waals surface area contributed by atoms with Crippen molar-refractivity contribution < 1.29 is 9.53 Å². The molecule has 0 spiro atoms. The highest BCUT2D eigenvalue weighted by molar-refractivity contribution is 5.73. The van der Waals surface area contributed by atoms with Crippen LogP contribution in [0.15, 0.2) is 54.6 Å². The summed E-state index contributed by atoms with van der Waals surface area (Å²) in [4.78, 5) is 11.6. The van der Waals surface area contributed by atoms with Crippen LogP contribution < -0.4 is 15.4 Å². The number of hydrogen-bond acceptors (Lipinski definition) is 2. The van der Waals surface area contributed by atoms with Gasteiger partial charge in [-0.25, -0.2) is 4.79 Å². The highest BCUT2D eigenvalue weighted by atomic mass is 16.5. The molecule has 22 heavy (non-hydrogen) atoms. The molecule has 0 aliphatic carbocycles. The molecular formula is C18H22N2O2. The van der Waals surface area contributed by atoms with E-state index in [1.54, 1.807) is 0 Å². The van der Waals surface area contributed by atoms with E-state index in [-0.39, 0.29) is 12.8 Å². The third-order valence-electron chi connectivity index (χ3n) is 3.23. The Balaban J connectivity index is 1.66. The summed E-state index contributed by atoms with van der Waals surface area (Å²) in [5.41, 5.74) is 2.36. The van der Waals surface area contributed by atoms with Crippen LogP contribution in [0.4, 0.5) is 4.79 Å². The van der Waals surface area contributed by atoms with Gasteiger partial charge in [-0.1, -0.05) is 55.8 Å². The number of amides is 2. The average molecular weight is 298 g/mol. The van der Waals surface area contributed by atoms with Gasteiger partial charge in [0.05, 0.1) is 0 Å². The van der Waals surface area contributed by atoms with Crippen molar-refractivity contribution in [1.29, 1.82) is 0 Å². The lowest BCUT2D eigenvalue weighted by Gasteiger charge is -2.10. The van der Waals surface area contributed by atoms with Crippen molar-refractivity contribution in [2.75, 3.05) is 6.73 Å². The second kappa shape index (κ2) is 8.72. The number of benzene rings is 2. The van der Waals surface area contributed by atoms with Crippen LogP contribution in [0.25, 0.3) is 0 Å². The zero-order valence-corrected chi connectivity index (χ0v) is 12.8. The summed E-state index contributed by atoms with van der Waals surface area (Å²) < 4.78 is 5.49. The zero-order valence-electron chi connectivity index (χ0n) is 12.8. The summed E-state index contributed by atoms with van der Waals surface area (Å²) in [6, 6.07) is 17.5. The number of carbonyl (C=O) groups excluding carboxylic acids is 1. The first kappa shape index (κ1) is 15.9. The molecule has 0 bridgehead atoms. The smallest absolute Gasteiger partial charge is 0.317 e. The van der Waals surface area contributed by atoms with E-state index >= 15 is 0 Å². The van der Waals surface area contributed by atoms with Crippen LogP contribution in [0.5, 0.6) is 5.75 Å². The van der Waals surface area contributed by atoms with Gasteiger partial charge in [-0.15, -0.1) is 0 Å². The Hall–Kier alpha value is -2.49. The largest absolute Gasteiger partial charge is 0.473 e. The molecule has 2 aromatic rings. The van der Waals surface area contributed by atoms with E-state index in [1.807, 2.05) is 54.6 Å². The van der Waals surface area contributed by atoms with E-state index < -0.39 is 0 Å². The number of aryl methyl sites for hydroxylation is 1. The maximum Gasteiger partial charge on any atom is 0.317 e. The molecule has 0 aliphatic heterocycles. The van der Waals surface area contributed by atoms with Crippen LogP contribution in [-0.4, -0.2) is 12.8 Å². The second-order valence-corrected chi connectivity index (χ2v) is 5.03. The van der Waals surface area contributed by atoms with Gasteiger partial charge in [0.1, 0.15) is 5.75 Å². The van der Waals surface area contributed by atoms with Gasteiger partial charge in [-0.3, -0.25) is 0 Å². The lowest BCUT2D eigenvalue weighted by molar-refractivity contribution is 0.223. The van der Waals surface area contributed by atoms with E-state index in [4.69, 9.17) is 4.74 Å². The number of ether oxygens (including phenoxy) is 1. The third kappa shape index (κ3) is 5.48. The molecule has 0 saturated heterocycles. The zero-order chi connectivity index (χ0) is 15.6. The average Bonchev–Trinajstić information content (AvgIpc) is 2.56. The minimum absolute atomic E-state index is 0.147. The van der Waals surface area contributed by atoms with Crippen LogP contribution in [0.2, 0.25) is 0 Å². The molecule has 0 aliphatic rings. The molecule has 0 fully saturated rings. The highest BCUT2D eigenvalue weighted by Crippen LogP contribution is 2.12. The lowest BCUT2D eigenvalue weighted by Crippen LogP contribution is -2.37. The van der Waals surface area contributed by atoms with E-state index in [0.717, 1.165) is 24.2 Å². The minimum atomic E-state index is -0.244. The molecule has 116 valence electrons. The maximum absolute atomic E-state index is 11.6. The van der Waals surface area contributed by atoms with Crippen molar-refractivity contribution in [3.63, 3.8) is 0 Å². The first-order valence-electron chi connectivity index (χ1n) is 7.55. The van der Waals surface area contributed by atoms with Crippen LogP contribution in [0, 0.1) is 0 Å². The van der Waals surface area contributed by atoms with Gasteiger partial charge in [-0.2, -0.15) is 0 Å². The quantitative estimate of drug-likeness (QED) is 0.769. The van der Waals surface area contributed by atoms with Gasteiger partial charge in [0.15, 0.2) is 6.73 Å². The van der Waals surface area contributed by atoms with Crippen molar-refractivity contribution in [3.8, 4) is 5.75 Å². The van der Waals surface area contributed by atoms with Gasteiger partial charge >= 0.3 is 6.03 Å². The molecule has 2 amide bonds. The predicted octanol–water partition coefficient (Wildman–Crippen LogP) is 3.47. The van der Waals surface area contributed by atoms with Crippen LogP contribution >= 0.6 is 0 Å². The van der Waals surface area contributed by atoms with Crippen molar-refractivity contribution in [2.24, 2.45) is 0 Å². The van der Waals surface area contributed by atoms with Crippen molar-refractivity contribution >= 4 is 6.03 Å². The van der Waals surface area contributed by atoms with E-state index in [2.05, 4.69) is 17.6 Å². The molecule has 0 radical (unpaired) electrons. The normalized spacial score (nSPS) is 10.0. The number of rotatable bonds is 7. The Morgan fingerprint density at radius 1 is 0.955 bits per heavy atom.